The molecule has 0 aliphatic carbocycles. The molecule has 0 spiro atoms. The third-order valence-corrected chi connectivity index (χ3v) is 3.55. The molecule has 0 radical (unpaired) electrons. The van der Waals surface area contributed by atoms with Crippen molar-refractivity contribution in [2.24, 2.45) is 0 Å². The number of likely N-dealkylation sites (N-methyl/N-ethyl adjacent to an activating group) is 1. The summed E-state index contributed by atoms with van der Waals surface area (Å²) < 4.78 is 5.30. The van der Waals surface area contributed by atoms with Crippen molar-refractivity contribution in [3.63, 3.8) is 0 Å². The van der Waals surface area contributed by atoms with Gasteiger partial charge < -0.3 is 15.0 Å². The highest BCUT2D eigenvalue weighted by Crippen LogP contribution is 2.27. The Labute approximate surface area is 129 Å². The van der Waals surface area contributed by atoms with Crippen LogP contribution in [0.2, 0.25) is 0 Å². The van der Waals surface area contributed by atoms with Crippen molar-refractivity contribution in [2.45, 2.75) is 53.5 Å². The summed E-state index contributed by atoms with van der Waals surface area (Å²) in [5, 5.41) is 3.35. The molecule has 0 aromatic carbocycles. The zero-order valence-electron chi connectivity index (χ0n) is 14.5. The van der Waals surface area contributed by atoms with Gasteiger partial charge in [0.25, 0.3) is 0 Å². The van der Waals surface area contributed by atoms with Gasteiger partial charge in [0, 0.05) is 31.7 Å². The maximum absolute atomic E-state index is 5.30. The fourth-order valence-corrected chi connectivity index (χ4v) is 2.40. The SMILES string of the molecule is CCNc1nc(C(C)C)nc(N(CC)C(C)COC)c1C. The molecule has 0 saturated heterocycles. The first-order chi connectivity index (χ1) is 9.96. The zero-order valence-corrected chi connectivity index (χ0v) is 14.5. The van der Waals surface area contributed by atoms with E-state index in [1.165, 1.54) is 0 Å². The predicted octanol–water partition coefficient (Wildman–Crippen LogP) is 3.20. The molecule has 1 atom stereocenters. The van der Waals surface area contributed by atoms with E-state index < -0.39 is 0 Å². The van der Waals surface area contributed by atoms with Crippen LogP contribution in [-0.4, -0.2) is 42.8 Å². The molecule has 120 valence electrons. The molecular weight excluding hydrogens is 264 g/mol. The van der Waals surface area contributed by atoms with Crippen molar-refractivity contribution in [3.05, 3.63) is 11.4 Å². The van der Waals surface area contributed by atoms with Crippen LogP contribution < -0.4 is 10.2 Å². The topological polar surface area (TPSA) is 50.3 Å². The lowest BCUT2D eigenvalue weighted by atomic mass is 10.1. The van der Waals surface area contributed by atoms with Crippen molar-refractivity contribution >= 4 is 11.6 Å². The Kier molecular flexibility index (Phi) is 6.89. The Hall–Kier alpha value is -1.36. The number of nitrogens with one attached hydrogen (secondary N) is 1. The summed E-state index contributed by atoms with van der Waals surface area (Å²) in [6, 6.07) is 0.281. The van der Waals surface area contributed by atoms with E-state index in [9.17, 15) is 0 Å². The lowest BCUT2D eigenvalue weighted by molar-refractivity contribution is 0.181. The zero-order chi connectivity index (χ0) is 16.0. The maximum atomic E-state index is 5.30. The van der Waals surface area contributed by atoms with Gasteiger partial charge in [-0.1, -0.05) is 13.8 Å². The Balaban J connectivity index is 3.30. The Morgan fingerprint density at radius 1 is 1.19 bits per heavy atom. The van der Waals surface area contributed by atoms with E-state index >= 15 is 0 Å². The first-order valence-electron chi connectivity index (χ1n) is 7.84. The van der Waals surface area contributed by atoms with Crippen LogP contribution in [0.5, 0.6) is 0 Å². The Bertz CT molecular complexity index is 448. The van der Waals surface area contributed by atoms with Gasteiger partial charge in [-0.25, -0.2) is 9.97 Å². The van der Waals surface area contributed by atoms with E-state index in [2.05, 4.69) is 56.7 Å². The molecule has 0 aliphatic heterocycles. The maximum Gasteiger partial charge on any atom is 0.137 e. The molecule has 1 aromatic rings. The molecule has 0 bridgehead atoms. The fraction of sp³-hybridized carbons (Fsp3) is 0.750. The van der Waals surface area contributed by atoms with Gasteiger partial charge in [0.15, 0.2) is 0 Å². The first-order valence-corrected chi connectivity index (χ1v) is 7.84. The van der Waals surface area contributed by atoms with Crippen LogP contribution in [0.1, 0.15) is 51.9 Å². The highest BCUT2D eigenvalue weighted by molar-refractivity contribution is 5.59. The molecule has 5 heteroatoms. The average molecular weight is 294 g/mol. The van der Waals surface area contributed by atoms with Crippen molar-refractivity contribution in [1.29, 1.82) is 0 Å². The van der Waals surface area contributed by atoms with E-state index in [4.69, 9.17) is 9.72 Å². The summed E-state index contributed by atoms with van der Waals surface area (Å²) in [6.45, 7) is 15.2. The van der Waals surface area contributed by atoms with Gasteiger partial charge in [-0.2, -0.15) is 0 Å². The molecule has 1 aromatic heterocycles. The number of ether oxygens (including phenoxy) is 1. The molecule has 0 amide bonds. The minimum absolute atomic E-state index is 0.281. The van der Waals surface area contributed by atoms with Crippen molar-refractivity contribution in [2.75, 3.05) is 37.0 Å². The van der Waals surface area contributed by atoms with Gasteiger partial charge in [0.1, 0.15) is 17.5 Å². The van der Waals surface area contributed by atoms with Crippen LogP contribution >= 0.6 is 0 Å². The van der Waals surface area contributed by atoms with Gasteiger partial charge in [-0.05, 0) is 27.7 Å². The Morgan fingerprint density at radius 2 is 1.86 bits per heavy atom. The summed E-state index contributed by atoms with van der Waals surface area (Å²) >= 11 is 0. The van der Waals surface area contributed by atoms with Crippen LogP contribution in [0.3, 0.4) is 0 Å². The van der Waals surface area contributed by atoms with Crippen LogP contribution in [0, 0.1) is 6.92 Å². The number of nitrogens with zero attached hydrogens (tertiary/aromatic N) is 3. The quantitative estimate of drug-likeness (QED) is 0.798. The van der Waals surface area contributed by atoms with Crippen LogP contribution in [0.25, 0.3) is 0 Å². The minimum atomic E-state index is 0.281. The molecule has 1 rings (SSSR count). The van der Waals surface area contributed by atoms with E-state index in [-0.39, 0.29) is 6.04 Å². The van der Waals surface area contributed by atoms with Gasteiger partial charge in [-0.3, -0.25) is 0 Å². The summed E-state index contributed by atoms with van der Waals surface area (Å²) in [4.78, 5) is 11.8. The monoisotopic (exact) mass is 294 g/mol. The summed E-state index contributed by atoms with van der Waals surface area (Å²) in [5.41, 5.74) is 1.10. The van der Waals surface area contributed by atoms with Gasteiger partial charge in [0.2, 0.25) is 0 Å². The lowest BCUT2D eigenvalue weighted by Crippen LogP contribution is -2.37. The lowest BCUT2D eigenvalue weighted by Gasteiger charge is -2.31. The van der Waals surface area contributed by atoms with Crippen molar-refractivity contribution < 1.29 is 4.74 Å². The van der Waals surface area contributed by atoms with Crippen LogP contribution in [0.4, 0.5) is 11.6 Å². The van der Waals surface area contributed by atoms with Crippen LogP contribution in [-0.2, 0) is 4.74 Å². The summed E-state index contributed by atoms with van der Waals surface area (Å²) in [7, 11) is 1.74. The van der Waals surface area contributed by atoms with E-state index in [0.29, 0.717) is 12.5 Å². The van der Waals surface area contributed by atoms with Crippen LogP contribution in [0.15, 0.2) is 0 Å². The normalized spacial score (nSPS) is 12.6. The third-order valence-electron chi connectivity index (χ3n) is 3.55. The second-order valence-corrected chi connectivity index (χ2v) is 5.65. The smallest absolute Gasteiger partial charge is 0.137 e. The highest BCUT2D eigenvalue weighted by atomic mass is 16.5. The molecule has 1 N–H and O–H groups in total. The number of rotatable bonds is 8. The summed E-state index contributed by atoms with van der Waals surface area (Å²) in [5.74, 6) is 3.14. The second-order valence-electron chi connectivity index (χ2n) is 5.65. The minimum Gasteiger partial charge on any atom is -0.383 e. The molecule has 21 heavy (non-hydrogen) atoms. The average Bonchev–Trinajstić information content (AvgIpc) is 2.43. The predicted molar refractivity (Wildman–Crippen MR) is 89.4 cm³/mol. The van der Waals surface area contributed by atoms with E-state index in [1.54, 1.807) is 7.11 Å². The third kappa shape index (κ3) is 4.30. The number of anilines is 2. The number of aromatic nitrogens is 2. The molecule has 5 nitrogen and oxygen atoms in total. The highest BCUT2D eigenvalue weighted by Gasteiger charge is 2.20. The molecule has 0 fully saturated rings. The molecular formula is C16H30N4O. The van der Waals surface area contributed by atoms with Crippen molar-refractivity contribution in [1.82, 2.24) is 9.97 Å². The number of methoxy groups -OCH3 is 1. The van der Waals surface area contributed by atoms with Gasteiger partial charge in [0.05, 0.1) is 12.6 Å². The van der Waals surface area contributed by atoms with E-state index in [1.807, 2.05) is 0 Å². The van der Waals surface area contributed by atoms with Gasteiger partial charge >= 0.3 is 0 Å². The van der Waals surface area contributed by atoms with Crippen molar-refractivity contribution in [3.8, 4) is 0 Å². The largest absolute Gasteiger partial charge is 0.383 e. The van der Waals surface area contributed by atoms with E-state index in [0.717, 1.165) is 36.1 Å². The summed E-state index contributed by atoms with van der Waals surface area (Å²) in [6.07, 6.45) is 0. The van der Waals surface area contributed by atoms with Gasteiger partial charge in [-0.15, -0.1) is 0 Å². The molecule has 1 heterocycles. The molecule has 0 saturated carbocycles. The number of hydrogen-bond donors (Lipinski definition) is 1. The number of hydrogen-bond acceptors (Lipinski definition) is 5. The fourth-order valence-electron chi connectivity index (χ4n) is 2.40. The molecule has 0 aliphatic rings. The molecule has 1 unspecified atom stereocenters. The standard InChI is InChI=1S/C16H30N4O/c1-8-17-15-13(6)16(19-14(18-15)11(3)4)20(9-2)12(5)10-21-7/h11-12H,8-10H2,1-7H3,(H,17,18,19). The second kappa shape index (κ2) is 8.17. The Morgan fingerprint density at radius 3 is 2.33 bits per heavy atom. The first kappa shape index (κ1) is 17.7.